The number of carbonyl (C=O) groups is 3. The first-order valence-electron chi connectivity index (χ1n) is 10.6. The minimum atomic E-state index is -0.156. The van der Waals surface area contributed by atoms with Gasteiger partial charge in [-0.05, 0) is 50.3 Å². The van der Waals surface area contributed by atoms with Crippen molar-refractivity contribution in [3.05, 3.63) is 28.8 Å². The van der Waals surface area contributed by atoms with Crippen LogP contribution in [0.4, 0.5) is 5.69 Å². The van der Waals surface area contributed by atoms with Crippen LogP contribution in [-0.4, -0.2) is 53.3 Å². The second kappa shape index (κ2) is 8.34. The summed E-state index contributed by atoms with van der Waals surface area (Å²) in [5, 5.41) is 0.595. The summed E-state index contributed by atoms with van der Waals surface area (Å²) in [7, 11) is 0. The van der Waals surface area contributed by atoms with Crippen LogP contribution in [0, 0.1) is 12.8 Å². The molecule has 3 aliphatic rings. The van der Waals surface area contributed by atoms with Gasteiger partial charge < -0.3 is 9.80 Å². The molecule has 3 fully saturated rings. The van der Waals surface area contributed by atoms with Crippen molar-refractivity contribution in [2.75, 3.05) is 24.7 Å². The van der Waals surface area contributed by atoms with E-state index in [1.807, 2.05) is 13.0 Å². The summed E-state index contributed by atoms with van der Waals surface area (Å²) in [6, 6.07) is 5.63. The predicted molar refractivity (Wildman–Crippen MR) is 112 cm³/mol. The highest BCUT2D eigenvalue weighted by Gasteiger charge is 2.39. The monoisotopic (exact) mass is 417 g/mol. The van der Waals surface area contributed by atoms with Crippen molar-refractivity contribution in [3.8, 4) is 0 Å². The number of anilines is 1. The van der Waals surface area contributed by atoms with Crippen molar-refractivity contribution in [1.82, 2.24) is 9.80 Å². The van der Waals surface area contributed by atoms with Crippen LogP contribution >= 0.6 is 11.6 Å². The van der Waals surface area contributed by atoms with E-state index >= 15 is 0 Å². The lowest BCUT2D eigenvalue weighted by Gasteiger charge is -2.30. The van der Waals surface area contributed by atoms with E-state index < -0.39 is 0 Å². The summed E-state index contributed by atoms with van der Waals surface area (Å²) in [5.74, 6) is -0.0894. The highest BCUT2D eigenvalue weighted by molar-refractivity contribution is 6.31. The Bertz CT molecular complexity index is 818. The van der Waals surface area contributed by atoms with Crippen LogP contribution in [0.3, 0.4) is 0 Å². The van der Waals surface area contributed by atoms with Gasteiger partial charge in [-0.1, -0.05) is 36.9 Å². The van der Waals surface area contributed by atoms with Gasteiger partial charge in [0.1, 0.15) is 19.8 Å². The molecule has 2 saturated carbocycles. The Morgan fingerprint density at radius 2 is 1.86 bits per heavy atom. The molecule has 29 heavy (non-hydrogen) atoms. The van der Waals surface area contributed by atoms with E-state index in [1.165, 1.54) is 6.42 Å². The van der Waals surface area contributed by atoms with E-state index in [2.05, 4.69) is 0 Å². The summed E-state index contributed by atoms with van der Waals surface area (Å²) < 4.78 is 0. The average molecular weight is 418 g/mol. The Kier molecular flexibility index (Phi) is 5.81. The van der Waals surface area contributed by atoms with Gasteiger partial charge in [0, 0.05) is 22.7 Å². The maximum Gasteiger partial charge on any atom is 0.248 e. The standard InChI is InChI=1S/C22H28ClN3O3/c1-15-18(23)8-5-9-19(15)26-14-24(12-21(26)28)20(27)13-25(17-10-11-17)22(29)16-6-3-2-4-7-16/h5,8-9,16-17H,2-4,6-7,10-14H2,1H3. The minimum absolute atomic E-state index is 0.0426. The normalized spacial score (nSPS) is 20.3. The lowest BCUT2D eigenvalue weighted by atomic mass is 9.88. The zero-order valence-corrected chi connectivity index (χ0v) is 17.7. The Labute approximate surface area is 176 Å². The second-order valence-electron chi connectivity index (χ2n) is 8.47. The van der Waals surface area contributed by atoms with Gasteiger partial charge in [0.05, 0.1) is 0 Å². The summed E-state index contributed by atoms with van der Waals surface area (Å²) in [6.07, 6.45) is 7.19. The van der Waals surface area contributed by atoms with Crippen molar-refractivity contribution in [3.63, 3.8) is 0 Å². The summed E-state index contributed by atoms with van der Waals surface area (Å²) in [4.78, 5) is 43.5. The quantitative estimate of drug-likeness (QED) is 0.738. The minimum Gasteiger partial charge on any atom is -0.330 e. The molecule has 2 aliphatic carbocycles. The van der Waals surface area contributed by atoms with Gasteiger partial charge in [-0.2, -0.15) is 0 Å². The SMILES string of the molecule is Cc1c(Cl)cccc1N1CN(C(=O)CN(C(=O)C2CCCCC2)C2CC2)CC1=O. The third kappa shape index (κ3) is 4.27. The number of halogens is 1. The maximum absolute atomic E-state index is 13.0. The average Bonchev–Trinajstić information content (AvgIpc) is 3.50. The fourth-order valence-corrected chi connectivity index (χ4v) is 4.59. The topological polar surface area (TPSA) is 60.9 Å². The molecule has 1 saturated heterocycles. The molecule has 156 valence electrons. The van der Waals surface area contributed by atoms with Gasteiger partial charge in [-0.25, -0.2) is 0 Å². The van der Waals surface area contributed by atoms with Crippen molar-refractivity contribution in [1.29, 1.82) is 0 Å². The van der Waals surface area contributed by atoms with Gasteiger partial charge in [0.2, 0.25) is 17.7 Å². The maximum atomic E-state index is 13.0. The van der Waals surface area contributed by atoms with Crippen LogP contribution in [0.25, 0.3) is 0 Å². The van der Waals surface area contributed by atoms with Crippen LogP contribution in [-0.2, 0) is 14.4 Å². The van der Waals surface area contributed by atoms with E-state index in [0.717, 1.165) is 49.8 Å². The Morgan fingerprint density at radius 1 is 1.14 bits per heavy atom. The molecule has 1 aromatic rings. The first kappa shape index (κ1) is 20.2. The fourth-order valence-electron chi connectivity index (χ4n) is 4.42. The Hall–Kier alpha value is -2.08. The molecular weight excluding hydrogens is 390 g/mol. The molecule has 0 unspecified atom stereocenters. The van der Waals surface area contributed by atoms with E-state index in [0.29, 0.717) is 5.02 Å². The van der Waals surface area contributed by atoms with Crippen LogP contribution in [0.2, 0.25) is 5.02 Å². The van der Waals surface area contributed by atoms with Gasteiger partial charge in [0.25, 0.3) is 0 Å². The van der Waals surface area contributed by atoms with Gasteiger partial charge in [-0.15, -0.1) is 0 Å². The molecule has 0 N–H and O–H groups in total. The summed E-state index contributed by atoms with van der Waals surface area (Å²) in [5.41, 5.74) is 1.55. The third-order valence-corrected chi connectivity index (χ3v) is 6.76. The van der Waals surface area contributed by atoms with Crippen molar-refractivity contribution in [2.45, 2.75) is 57.9 Å². The van der Waals surface area contributed by atoms with E-state index in [4.69, 9.17) is 11.6 Å². The van der Waals surface area contributed by atoms with Crippen molar-refractivity contribution >= 4 is 35.0 Å². The number of hydrogen-bond acceptors (Lipinski definition) is 3. The van der Waals surface area contributed by atoms with E-state index in [1.54, 1.807) is 26.8 Å². The smallest absolute Gasteiger partial charge is 0.248 e. The lowest BCUT2D eigenvalue weighted by molar-refractivity contribution is -0.144. The van der Waals surface area contributed by atoms with Crippen molar-refractivity contribution < 1.29 is 14.4 Å². The highest BCUT2D eigenvalue weighted by atomic mass is 35.5. The number of hydrogen-bond donors (Lipinski definition) is 0. The number of amides is 3. The number of rotatable bonds is 5. The van der Waals surface area contributed by atoms with E-state index in [9.17, 15) is 14.4 Å². The fraction of sp³-hybridized carbons (Fsp3) is 0.591. The highest BCUT2D eigenvalue weighted by Crippen LogP contribution is 2.33. The molecule has 0 atom stereocenters. The number of nitrogens with zero attached hydrogens (tertiary/aromatic N) is 3. The summed E-state index contributed by atoms with van der Waals surface area (Å²) >= 11 is 6.20. The van der Waals surface area contributed by atoms with Crippen LogP contribution < -0.4 is 4.90 Å². The van der Waals surface area contributed by atoms with Crippen molar-refractivity contribution in [2.24, 2.45) is 5.92 Å². The zero-order chi connectivity index (χ0) is 20.5. The molecule has 4 rings (SSSR count). The van der Waals surface area contributed by atoms with Crippen LogP contribution in [0.1, 0.15) is 50.5 Å². The zero-order valence-electron chi connectivity index (χ0n) is 16.9. The molecule has 3 amide bonds. The van der Waals surface area contributed by atoms with Crippen LogP contribution in [0.15, 0.2) is 18.2 Å². The first-order valence-corrected chi connectivity index (χ1v) is 11.0. The Morgan fingerprint density at radius 3 is 2.55 bits per heavy atom. The first-order chi connectivity index (χ1) is 14.0. The molecule has 1 aliphatic heterocycles. The number of carbonyl (C=O) groups excluding carboxylic acids is 3. The molecule has 7 heteroatoms. The van der Waals surface area contributed by atoms with E-state index in [-0.39, 0.29) is 49.4 Å². The molecular formula is C22H28ClN3O3. The largest absolute Gasteiger partial charge is 0.330 e. The summed E-state index contributed by atoms with van der Waals surface area (Å²) in [6.45, 7) is 2.19. The van der Waals surface area contributed by atoms with Gasteiger partial charge >= 0.3 is 0 Å². The molecule has 1 aromatic carbocycles. The van der Waals surface area contributed by atoms with Gasteiger partial charge in [0.15, 0.2) is 0 Å². The molecule has 0 aromatic heterocycles. The second-order valence-corrected chi connectivity index (χ2v) is 8.88. The Balaban J connectivity index is 1.43. The predicted octanol–water partition coefficient (Wildman–Crippen LogP) is 3.35. The lowest BCUT2D eigenvalue weighted by Crippen LogP contribution is -2.46. The van der Waals surface area contributed by atoms with Crippen LogP contribution in [0.5, 0.6) is 0 Å². The molecule has 6 nitrogen and oxygen atoms in total. The third-order valence-electron chi connectivity index (χ3n) is 6.35. The molecule has 0 radical (unpaired) electrons. The molecule has 0 bridgehead atoms. The number of benzene rings is 1. The van der Waals surface area contributed by atoms with Gasteiger partial charge in [-0.3, -0.25) is 19.3 Å². The molecule has 1 heterocycles. The molecule has 0 spiro atoms.